The van der Waals surface area contributed by atoms with E-state index in [-0.39, 0.29) is 11.8 Å². The molecule has 0 bridgehead atoms. The van der Waals surface area contributed by atoms with Crippen LogP contribution in [0.5, 0.6) is 0 Å². The van der Waals surface area contributed by atoms with Crippen LogP contribution in [0.3, 0.4) is 0 Å². The summed E-state index contributed by atoms with van der Waals surface area (Å²) >= 11 is 0. The van der Waals surface area contributed by atoms with Crippen LogP contribution in [0.4, 0.5) is 5.69 Å². The van der Waals surface area contributed by atoms with Gasteiger partial charge in [-0.05, 0) is 81.9 Å². The molecule has 1 N–H and O–H groups in total. The van der Waals surface area contributed by atoms with Gasteiger partial charge < -0.3 is 9.80 Å². The monoisotopic (exact) mass is 419 g/mol. The summed E-state index contributed by atoms with van der Waals surface area (Å²) in [6.07, 6.45) is 9.78. The minimum atomic E-state index is -3.51. The van der Waals surface area contributed by atoms with Crippen LogP contribution < -0.4 is 9.62 Å². The molecule has 2 fully saturated rings. The molecule has 1 aromatic carbocycles. The Morgan fingerprint density at radius 3 is 2.48 bits per heavy atom. The Morgan fingerprint density at radius 2 is 1.79 bits per heavy atom. The van der Waals surface area contributed by atoms with Crippen LogP contribution in [0.15, 0.2) is 23.1 Å². The highest BCUT2D eigenvalue weighted by molar-refractivity contribution is 7.89. The van der Waals surface area contributed by atoms with E-state index in [1.54, 1.807) is 12.1 Å². The van der Waals surface area contributed by atoms with E-state index in [4.69, 9.17) is 0 Å². The number of carbonyl (C=O) groups excluding carboxylic acids is 1. The number of benzene rings is 1. The molecule has 29 heavy (non-hydrogen) atoms. The Kier molecular flexibility index (Phi) is 6.56. The van der Waals surface area contributed by atoms with Gasteiger partial charge in [-0.1, -0.05) is 19.3 Å². The minimum absolute atomic E-state index is 0.162. The number of amides is 1. The fourth-order valence-corrected chi connectivity index (χ4v) is 5.73. The topological polar surface area (TPSA) is 69.7 Å². The summed E-state index contributed by atoms with van der Waals surface area (Å²) in [5.41, 5.74) is 1.85. The van der Waals surface area contributed by atoms with Gasteiger partial charge in [0.15, 0.2) is 0 Å². The van der Waals surface area contributed by atoms with Crippen molar-refractivity contribution in [3.8, 4) is 0 Å². The molecule has 0 atom stereocenters. The van der Waals surface area contributed by atoms with Gasteiger partial charge in [0.05, 0.1) is 4.90 Å². The van der Waals surface area contributed by atoms with Gasteiger partial charge in [0.25, 0.3) is 0 Å². The summed E-state index contributed by atoms with van der Waals surface area (Å²) in [7, 11) is -3.51. The van der Waals surface area contributed by atoms with E-state index in [9.17, 15) is 13.2 Å². The predicted octanol–water partition coefficient (Wildman–Crippen LogP) is 2.92. The first-order chi connectivity index (χ1) is 14.0. The SMILES string of the molecule is O=C(C1CCC1)N1CCc2cc(S(=O)(=O)NCCCN3CCCCCC3)ccc21. The first kappa shape index (κ1) is 20.8. The average molecular weight is 420 g/mol. The summed E-state index contributed by atoms with van der Waals surface area (Å²) in [6, 6.07) is 5.20. The van der Waals surface area contributed by atoms with Crippen molar-refractivity contribution in [3.05, 3.63) is 23.8 Å². The van der Waals surface area contributed by atoms with Crippen molar-refractivity contribution in [1.29, 1.82) is 0 Å². The molecule has 3 aliphatic rings. The Morgan fingerprint density at radius 1 is 1.03 bits per heavy atom. The van der Waals surface area contributed by atoms with Crippen molar-refractivity contribution < 1.29 is 13.2 Å². The highest BCUT2D eigenvalue weighted by Gasteiger charge is 2.33. The molecule has 1 aromatic rings. The lowest BCUT2D eigenvalue weighted by molar-refractivity contribution is -0.124. The summed E-state index contributed by atoms with van der Waals surface area (Å²) in [4.78, 5) is 17.2. The van der Waals surface area contributed by atoms with E-state index in [0.717, 1.165) is 63.0 Å². The maximum atomic E-state index is 12.7. The van der Waals surface area contributed by atoms with Crippen LogP contribution in [0.2, 0.25) is 0 Å². The molecule has 0 aromatic heterocycles. The third kappa shape index (κ3) is 4.84. The molecular formula is C22H33N3O3S. The number of hydrogen-bond acceptors (Lipinski definition) is 4. The highest BCUT2D eigenvalue weighted by Crippen LogP contribution is 2.35. The van der Waals surface area contributed by atoms with Crippen LogP contribution in [0.25, 0.3) is 0 Å². The number of sulfonamides is 1. The van der Waals surface area contributed by atoms with E-state index in [1.807, 2.05) is 11.0 Å². The van der Waals surface area contributed by atoms with Gasteiger partial charge in [0, 0.05) is 24.7 Å². The maximum absolute atomic E-state index is 12.7. The number of carbonyl (C=O) groups is 1. The van der Waals surface area contributed by atoms with Crippen LogP contribution in [-0.4, -0.2) is 51.9 Å². The van der Waals surface area contributed by atoms with Gasteiger partial charge in [0.2, 0.25) is 15.9 Å². The van der Waals surface area contributed by atoms with Crippen molar-refractivity contribution >= 4 is 21.6 Å². The lowest BCUT2D eigenvalue weighted by Crippen LogP contribution is -2.37. The minimum Gasteiger partial charge on any atom is -0.312 e. The molecule has 7 heteroatoms. The number of fused-ring (bicyclic) bond motifs is 1. The number of rotatable bonds is 7. The van der Waals surface area contributed by atoms with Crippen molar-refractivity contribution in [3.63, 3.8) is 0 Å². The number of nitrogens with zero attached hydrogens (tertiary/aromatic N) is 2. The van der Waals surface area contributed by atoms with Crippen molar-refractivity contribution in [2.45, 2.75) is 62.7 Å². The zero-order valence-electron chi connectivity index (χ0n) is 17.2. The Hall–Kier alpha value is -1.44. The lowest BCUT2D eigenvalue weighted by atomic mass is 9.84. The fraction of sp³-hybridized carbons (Fsp3) is 0.682. The lowest BCUT2D eigenvalue weighted by Gasteiger charge is -2.29. The molecule has 1 saturated carbocycles. The first-order valence-corrected chi connectivity index (χ1v) is 12.7. The molecule has 4 rings (SSSR count). The number of hydrogen-bond donors (Lipinski definition) is 1. The van der Waals surface area contributed by atoms with Gasteiger partial charge in [-0.2, -0.15) is 0 Å². The zero-order valence-corrected chi connectivity index (χ0v) is 18.1. The number of likely N-dealkylation sites (tertiary alicyclic amines) is 1. The van der Waals surface area contributed by atoms with E-state index in [1.165, 1.54) is 25.7 Å². The Labute approximate surface area is 174 Å². The van der Waals surface area contributed by atoms with Gasteiger partial charge >= 0.3 is 0 Å². The smallest absolute Gasteiger partial charge is 0.240 e. The molecule has 1 aliphatic carbocycles. The van der Waals surface area contributed by atoms with Crippen LogP contribution in [-0.2, 0) is 21.2 Å². The third-order valence-corrected chi connectivity index (χ3v) is 8.08. The van der Waals surface area contributed by atoms with E-state index in [2.05, 4.69) is 9.62 Å². The molecule has 2 aliphatic heterocycles. The van der Waals surface area contributed by atoms with Crippen LogP contribution in [0.1, 0.15) is 56.9 Å². The zero-order chi connectivity index (χ0) is 20.3. The number of anilines is 1. The van der Waals surface area contributed by atoms with Gasteiger partial charge in [-0.25, -0.2) is 13.1 Å². The molecule has 2 heterocycles. The quantitative estimate of drug-likeness (QED) is 0.690. The second-order valence-corrected chi connectivity index (χ2v) is 10.4. The molecule has 160 valence electrons. The molecule has 1 amide bonds. The van der Waals surface area contributed by atoms with Gasteiger partial charge in [0.1, 0.15) is 0 Å². The molecule has 0 spiro atoms. The van der Waals surface area contributed by atoms with Crippen molar-refractivity contribution in [2.24, 2.45) is 5.92 Å². The van der Waals surface area contributed by atoms with E-state index in [0.29, 0.717) is 18.0 Å². The molecular weight excluding hydrogens is 386 g/mol. The average Bonchev–Trinajstić information content (AvgIpc) is 2.91. The number of nitrogens with one attached hydrogen (secondary N) is 1. The van der Waals surface area contributed by atoms with Gasteiger partial charge in [-0.3, -0.25) is 4.79 Å². The molecule has 1 saturated heterocycles. The normalized spacial score (nSPS) is 20.9. The Bertz CT molecular complexity index is 828. The molecule has 0 unspecified atom stereocenters. The Balaban J connectivity index is 1.32. The second kappa shape index (κ2) is 9.14. The summed E-state index contributed by atoms with van der Waals surface area (Å²) in [6.45, 7) is 4.34. The van der Waals surface area contributed by atoms with Crippen molar-refractivity contribution in [1.82, 2.24) is 9.62 Å². The van der Waals surface area contributed by atoms with Crippen molar-refractivity contribution in [2.75, 3.05) is 37.6 Å². The fourth-order valence-electron chi connectivity index (χ4n) is 4.60. The maximum Gasteiger partial charge on any atom is 0.240 e. The van der Waals surface area contributed by atoms with Crippen LogP contribution >= 0.6 is 0 Å². The summed E-state index contributed by atoms with van der Waals surface area (Å²) in [5.74, 6) is 0.368. The predicted molar refractivity (Wildman–Crippen MR) is 115 cm³/mol. The molecule has 6 nitrogen and oxygen atoms in total. The standard InChI is InChI=1S/C22H33N3O3S/c26-22(18-7-5-8-18)25-16-11-19-17-20(9-10-21(19)25)29(27,28)23-12-6-15-24-13-3-1-2-4-14-24/h9-10,17-18,23H,1-8,11-16H2. The molecule has 0 radical (unpaired) electrons. The largest absolute Gasteiger partial charge is 0.312 e. The van der Waals surface area contributed by atoms with E-state index < -0.39 is 10.0 Å². The van der Waals surface area contributed by atoms with Gasteiger partial charge in [-0.15, -0.1) is 0 Å². The first-order valence-electron chi connectivity index (χ1n) is 11.2. The second-order valence-electron chi connectivity index (χ2n) is 8.67. The van der Waals surface area contributed by atoms with E-state index >= 15 is 0 Å². The summed E-state index contributed by atoms with van der Waals surface area (Å²) < 4.78 is 28.2. The third-order valence-electron chi connectivity index (χ3n) is 6.62. The summed E-state index contributed by atoms with van der Waals surface area (Å²) in [5, 5.41) is 0. The van der Waals surface area contributed by atoms with Crippen LogP contribution in [0, 0.1) is 5.92 Å². The highest BCUT2D eigenvalue weighted by atomic mass is 32.2.